The molecule has 0 radical (unpaired) electrons. The Bertz CT molecular complexity index is 600. The first-order valence-electron chi connectivity index (χ1n) is 8.85. The lowest BCUT2D eigenvalue weighted by atomic mass is 9.47. The van der Waals surface area contributed by atoms with Crippen molar-refractivity contribution in [2.75, 3.05) is 6.61 Å². The van der Waals surface area contributed by atoms with Crippen LogP contribution in [0, 0.1) is 22.7 Å². The minimum atomic E-state index is -0.157. The Morgan fingerprint density at radius 1 is 1.35 bits per heavy atom. The van der Waals surface area contributed by atoms with Gasteiger partial charge in [0.15, 0.2) is 5.78 Å². The molecule has 1 saturated heterocycles. The third-order valence-corrected chi connectivity index (χ3v) is 7.13. The van der Waals surface area contributed by atoms with Crippen molar-refractivity contribution in [2.45, 2.75) is 59.8 Å². The number of esters is 1. The maximum Gasteiger partial charge on any atom is 0.333 e. The Kier molecular flexibility index (Phi) is 4.02. The normalized spacial score (nSPS) is 42.4. The molecule has 0 spiro atoms. The van der Waals surface area contributed by atoms with E-state index in [4.69, 9.17) is 4.74 Å². The predicted molar refractivity (Wildman–Crippen MR) is 89.8 cm³/mol. The van der Waals surface area contributed by atoms with Gasteiger partial charge in [-0.3, -0.25) is 4.79 Å². The number of carbonyl (C=O) groups excluding carboxylic acids is 2. The number of carbonyl (C=O) groups is 2. The minimum Gasteiger partial charge on any atom is -0.462 e. The Morgan fingerprint density at radius 2 is 2.09 bits per heavy atom. The monoisotopic (exact) mass is 316 g/mol. The summed E-state index contributed by atoms with van der Waals surface area (Å²) in [6.45, 7) is 9.59. The van der Waals surface area contributed by atoms with Gasteiger partial charge in [0.05, 0.1) is 6.61 Å². The van der Waals surface area contributed by atoms with Crippen molar-refractivity contribution >= 4 is 11.8 Å². The summed E-state index contributed by atoms with van der Waals surface area (Å²) in [5.41, 5.74) is 2.22. The van der Waals surface area contributed by atoms with Crippen molar-refractivity contribution in [1.82, 2.24) is 0 Å². The molecule has 4 atom stereocenters. The van der Waals surface area contributed by atoms with E-state index in [1.54, 1.807) is 0 Å². The fraction of sp³-hybridized carbons (Fsp3) is 0.700. The van der Waals surface area contributed by atoms with Crippen LogP contribution in [0.25, 0.3) is 0 Å². The lowest BCUT2D eigenvalue weighted by molar-refractivity contribution is -0.135. The predicted octanol–water partition coefficient (Wildman–Crippen LogP) is 4.23. The van der Waals surface area contributed by atoms with E-state index in [1.807, 2.05) is 6.08 Å². The number of fused-ring (bicyclic) bond motifs is 1. The maximum absolute atomic E-state index is 12.2. The van der Waals surface area contributed by atoms with Crippen LogP contribution in [-0.2, 0) is 14.3 Å². The van der Waals surface area contributed by atoms with Gasteiger partial charge in [-0.15, -0.1) is 0 Å². The third kappa shape index (κ3) is 2.58. The number of ether oxygens (including phenoxy) is 1. The summed E-state index contributed by atoms with van der Waals surface area (Å²) in [4.78, 5) is 23.9. The first-order chi connectivity index (χ1) is 10.8. The molecule has 126 valence electrons. The van der Waals surface area contributed by atoms with Crippen LogP contribution in [-0.4, -0.2) is 18.4 Å². The molecule has 1 aliphatic heterocycles. The van der Waals surface area contributed by atoms with Crippen LogP contribution in [0.4, 0.5) is 0 Å². The van der Waals surface area contributed by atoms with Crippen molar-refractivity contribution in [1.29, 1.82) is 0 Å². The minimum absolute atomic E-state index is 0.0497. The first-order valence-corrected chi connectivity index (χ1v) is 8.85. The van der Waals surface area contributed by atoms with Gasteiger partial charge in [-0.1, -0.05) is 32.4 Å². The summed E-state index contributed by atoms with van der Waals surface area (Å²) in [6.07, 6.45) is 8.51. The van der Waals surface area contributed by atoms with Crippen LogP contribution in [0.5, 0.6) is 0 Å². The molecule has 3 heteroatoms. The molecule has 0 amide bonds. The maximum atomic E-state index is 12.2. The van der Waals surface area contributed by atoms with Gasteiger partial charge < -0.3 is 4.74 Å². The Morgan fingerprint density at radius 3 is 2.74 bits per heavy atom. The lowest BCUT2D eigenvalue weighted by Gasteiger charge is -2.57. The molecule has 0 N–H and O–H groups in total. The van der Waals surface area contributed by atoms with Crippen LogP contribution in [0.1, 0.15) is 59.8 Å². The van der Waals surface area contributed by atoms with Gasteiger partial charge in [-0.25, -0.2) is 4.79 Å². The fourth-order valence-corrected chi connectivity index (χ4v) is 5.01. The second-order valence-electron chi connectivity index (χ2n) is 8.23. The molecule has 23 heavy (non-hydrogen) atoms. The number of allylic oxidation sites excluding steroid dienone is 3. The van der Waals surface area contributed by atoms with E-state index in [-0.39, 0.29) is 22.6 Å². The number of rotatable bonds is 2. The van der Waals surface area contributed by atoms with Gasteiger partial charge in [0.1, 0.15) is 0 Å². The van der Waals surface area contributed by atoms with Crippen LogP contribution in [0.15, 0.2) is 23.3 Å². The second kappa shape index (κ2) is 5.61. The average molecular weight is 316 g/mol. The zero-order chi connectivity index (χ0) is 16.8. The average Bonchev–Trinajstić information content (AvgIpc) is 2.90. The SMILES string of the molecule is CC1=CC(=O)C[C@@H]2[C@@](C)(C/C=C3/CCOC3=O)[C@H](C)CC[C@]12C. The molecule has 0 aromatic heterocycles. The summed E-state index contributed by atoms with van der Waals surface area (Å²) in [7, 11) is 0. The van der Waals surface area contributed by atoms with E-state index in [1.165, 1.54) is 12.0 Å². The van der Waals surface area contributed by atoms with Crippen LogP contribution < -0.4 is 0 Å². The molecule has 2 fully saturated rings. The molecule has 0 unspecified atom stereocenters. The van der Waals surface area contributed by atoms with E-state index in [0.29, 0.717) is 24.9 Å². The van der Waals surface area contributed by atoms with Gasteiger partial charge in [0, 0.05) is 18.4 Å². The molecule has 2 aliphatic carbocycles. The summed E-state index contributed by atoms with van der Waals surface area (Å²) in [5, 5.41) is 0. The fourth-order valence-electron chi connectivity index (χ4n) is 5.01. The quantitative estimate of drug-likeness (QED) is 0.565. The summed E-state index contributed by atoms with van der Waals surface area (Å²) in [5.74, 6) is 1.01. The molecule has 1 heterocycles. The lowest BCUT2D eigenvalue weighted by Crippen LogP contribution is -2.50. The molecular formula is C20H28O3. The van der Waals surface area contributed by atoms with Gasteiger partial charge in [-0.05, 0) is 54.9 Å². The van der Waals surface area contributed by atoms with Crippen molar-refractivity contribution in [3.8, 4) is 0 Å². The number of ketones is 1. The van der Waals surface area contributed by atoms with E-state index >= 15 is 0 Å². The van der Waals surface area contributed by atoms with Crippen LogP contribution in [0.2, 0.25) is 0 Å². The summed E-state index contributed by atoms with van der Waals surface area (Å²) in [6, 6.07) is 0. The number of hydrogen-bond donors (Lipinski definition) is 0. The van der Waals surface area contributed by atoms with Gasteiger partial charge >= 0.3 is 5.97 Å². The highest BCUT2D eigenvalue weighted by molar-refractivity contribution is 5.92. The van der Waals surface area contributed by atoms with Crippen molar-refractivity contribution < 1.29 is 14.3 Å². The van der Waals surface area contributed by atoms with E-state index in [0.717, 1.165) is 24.8 Å². The zero-order valence-electron chi connectivity index (χ0n) is 14.8. The molecule has 3 aliphatic rings. The summed E-state index contributed by atoms with van der Waals surface area (Å²) < 4.78 is 5.06. The molecule has 3 rings (SSSR count). The van der Waals surface area contributed by atoms with Gasteiger partial charge in [-0.2, -0.15) is 0 Å². The van der Waals surface area contributed by atoms with Gasteiger partial charge in [0.25, 0.3) is 0 Å². The molecule has 0 aromatic rings. The number of hydrogen-bond acceptors (Lipinski definition) is 3. The van der Waals surface area contributed by atoms with Crippen LogP contribution in [0.3, 0.4) is 0 Å². The highest BCUT2D eigenvalue weighted by Crippen LogP contribution is 2.61. The standard InChI is InChI=1S/C20H28O3/c1-13-5-8-20(4)14(2)11-16(21)12-17(20)19(13,3)9-6-15-7-10-23-18(15)22/h6,11,13,17H,5,7-10,12H2,1-4H3/b15-6-/t13-,17-,19+,20-/m1/s1. The smallest absolute Gasteiger partial charge is 0.333 e. The summed E-state index contributed by atoms with van der Waals surface area (Å²) >= 11 is 0. The largest absolute Gasteiger partial charge is 0.462 e. The molecule has 0 bridgehead atoms. The van der Waals surface area contributed by atoms with E-state index < -0.39 is 0 Å². The van der Waals surface area contributed by atoms with Crippen molar-refractivity contribution in [3.05, 3.63) is 23.3 Å². The highest BCUT2D eigenvalue weighted by Gasteiger charge is 2.54. The molecule has 1 saturated carbocycles. The molecule has 0 aromatic carbocycles. The zero-order valence-corrected chi connectivity index (χ0v) is 14.8. The van der Waals surface area contributed by atoms with Crippen molar-refractivity contribution in [3.63, 3.8) is 0 Å². The topological polar surface area (TPSA) is 43.4 Å². The van der Waals surface area contributed by atoms with E-state index in [2.05, 4.69) is 33.8 Å². The molecule has 3 nitrogen and oxygen atoms in total. The third-order valence-electron chi connectivity index (χ3n) is 7.13. The highest BCUT2D eigenvalue weighted by atomic mass is 16.5. The van der Waals surface area contributed by atoms with Gasteiger partial charge in [0.2, 0.25) is 0 Å². The second-order valence-corrected chi connectivity index (χ2v) is 8.23. The Balaban J connectivity index is 1.93. The Hall–Kier alpha value is -1.38. The molecular weight excluding hydrogens is 288 g/mol. The Labute approximate surface area is 139 Å². The first kappa shape index (κ1) is 16.5. The number of cyclic esters (lactones) is 1. The van der Waals surface area contributed by atoms with E-state index in [9.17, 15) is 9.59 Å². The van der Waals surface area contributed by atoms with Crippen molar-refractivity contribution in [2.24, 2.45) is 22.7 Å². The van der Waals surface area contributed by atoms with Crippen LogP contribution >= 0.6 is 0 Å².